The number of benzene rings is 1. The molecule has 0 aromatic heterocycles. The lowest BCUT2D eigenvalue weighted by atomic mass is 9.85. The summed E-state index contributed by atoms with van der Waals surface area (Å²) >= 11 is 0. The summed E-state index contributed by atoms with van der Waals surface area (Å²) in [6.45, 7) is -0.161. The quantitative estimate of drug-likeness (QED) is 0.750. The lowest BCUT2D eigenvalue weighted by Crippen LogP contribution is -2.54. The van der Waals surface area contributed by atoms with Crippen LogP contribution >= 0.6 is 0 Å². The average molecular weight is 409 g/mol. The molecule has 3 aliphatic rings. The molecule has 7 nitrogen and oxygen atoms in total. The number of carbonyl (C=O) groups is 4. The Labute approximate surface area is 171 Å². The molecule has 9 heteroatoms. The minimum atomic E-state index is -2.43. The normalized spacial score (nSPS) is 28.9. The van der Waals surface area contributed by atoms with Crippen molar-refractivity contribution in [2.45, 2.75) is 51.1 Å². The zero-order chi connectivity index (χ0) is 24.8. The first-order valence-electron chi connectivity index (χ1n) is 11.1. The van der Waals surface area contributed by atoms with Gasteiger partial charge in [-0.15, -0.1) is 0 Å². The Morgan fingerprint density at radius 2 is 1.76 bits per heavy atom. The van der Waals surface area contributed by atoms with Gasteiger partial charge in [-0.3, -0.25) is 34.3 Å². The fraction of sp³-hybridized carbons (Fsp3) is 0.500. The van der Waals surface area contributed by atoms with Gasteiger partial charge in [-0.2, -0.15) is 0 Å². The number of halogens is 2. The summed E-state index contributed by atoms with van der Waals surface area (Å²) in [6, 6.07) is -0.598. The number of hydrogen-bond donors (Lipinski definition) is 1. The first-order valence-corrected chi connectivity index (χ1v) is 9.06. The highest BCUT2D eigenvalue weighted by atomic mass is 19.2. The highest BCUT2D eigenvalue weighted by Crippen LogP contribution is 2.38. The summed E-state index contributed by atoms with van der Waals surface area (Å²) in [7, 11) is 0. The number of rotatable bonds is 2. The van der Waals surface area contributed by atoms with Crippen molar-refractivity contribution in [3.8, 4) is 0 Å². The molecule has 1 aromatic carbocycles. The van der Waals surface area contributed by atoms with E-state index in [-0.39, 0.29) is 12.8 Å². The molecule has 0 saturated carbocycles. The van der Waals surface area contributed by atoms with Crippen LogP contribution in [0, 0.1) is 11.6 Å². The van der Waals surface area contributed by atoms with Gasteiger partial charge in [-0.25, -0.2) is 8.78 Å². The van der Waals surface area contributed by atoms with Gasteiger partial charge in [-0.05, 0) is 38.8 Å². The number of nitrogens with one attached hydrogen (secondary N) is 1. The molecule has 4 rings (SSSR count). The highest BCUT2D eigenvalue weighted by Gasteiger charge is 2.48. The summed E-state index contributed by atoms with van der Waals surface area (Å²) in [5.74, 6) is -9.00. The van der Waals surface area contributed by atoms with Crippen molar-refractivity contribution >= 4 is 23.6 Å². The summed E-state index contributed by atoms with van der Waals surface area (Å²) in [5.41, 5.74) is -3.20. The van der Waals surface area contributed by atoms with Gasteiger partial charge in [0.2, 0.25) is 11.8 Å². The summed E-state index contributed by atoms with van der Waals surface area (Å²) in [5, 5.41) is 1.99. The maximum absolute atomic E-state index is 15.1. The van der Waals surface area contributed by atoms with E-state index in [1.807, 2.05) is 5.32 Å². The number of amides is 4. The molecular weight excluding hydrogens is 384 g/mol. The third-order valence-corrected chi connectivity index (χ3v) is 5.14. The average Bonchev–Trinajstić information content (AvgIpc) is 2.87. The van der Waals surface area contributed by atoms with E-state index in [0.717, 1.165) is 11.0 Å². The molecule has 0 radical (unpaired) electrons. The topological polar surface area (TPSA) is 86.8 Å². The molecule has 0 spiro atoms. The van der Waals surface area contributed by atoms with Gasteiger partial charge in [0.1, 0.15) is 6.04 Å². The molecule has 0 unspecified atom stereocenters. The molecule has 2 fully saturated rings. The van der Waals surface area contributed by atoms with E-state index in [2.05, 4.69) is 0 Å². The lowest BCUT2D eigenvalue weighted by molar-refractivity contribution is -0.136. The van der Waals surface area contributed by atoms with Gasteiger partial charge < -0.3 is 0 Å². The Bertz CT molecular complexity index is 1120. The van der Waals surface area contributed by atoms with Gasteiger partial charge in [-0.1, -0.05) is 0 Å². The third-order valence-electron chi connectivity index (χ3n) is 5.14. The Morgan fingerprint density at radius 1 is 1.10 bits per heavy atom. The number of hydrogen-bond acceptors (Lipinski definition) is 5. The predicted molar refractivity (Wildman–Crippen MR) is 97.1 cm³/mol. The Hall–Kier alpha value is -2.68. The van der Waals surface area contributed by atoms with Crippen LogP contribution in [-0.2, 0) is 9.59 Å². The fourth-order valence-corrected chi connectivity index (χ4v) is 3.57. The minimum Gasteiger partial charge on any atom is -0.297 e. The number of piperidine rings is 1. The smallest absolute Gasteiger partial charge is 0.265 e. The van der Waals surface area contributed by atoms with Gasteiger partial charge in [0.15, 0.2) is 11.6 Å². The molecule has 29 heavy (non-hydrogen) atoms. The van der Waals surface area contributed by atoms with Crippen molar-refractivity contribution in [1.82, 2.24) is 15.1 Å². The molecule has 1 N–H and O–H groups in total. The number of nitrogens with zero attached hydrogens (tertiary/aromatic N) is 2. The summed E-state index contributed by atoms with van der Waals surface area (Å²) in [6.07, 6.45) is -0.335. The molecule has 2 saturated heterocycles. The van der Waals surface area contributed by atoms with Crippen LogP contribution in [0.15, 0.2) is 6.07 Å². The van der Waals surface area contributed by atoms with Crippen LogP contribution in [0.2, 0.25) is 0 Å². The highest BCUT2D eigenvalue weighted by molar-refractivity contribution is 6.23. The Balaban J connectivity index is 1.80. The predicted octanol–water partition coefficient (Wildman–Crippen LogP) is 1.56. The monoisotopic (exact) mass is 409 g/mol. The van der Waals surface area contributed by atoms with Crippen LogP contribution in [0.5, 0.6) is 0 Å². The van der Waals surface area contributed by atoms with E-state index >= 15 is 8.78 Å². The number of likely N-dealkylation sites (tertiary alicyclic amines) is 1. The molecular formula is C20H21F2N3O4. The second kappa shape index (κ2) is 6.41. The molecule has 3 aliphatic heterocycles. The minimum absolute atomic E-state index is 0.156. The molecule has 154 valence electrons. The van der Waals surface area contributed by atoms with Crippen LogP contribution in [0.3, 0.4) is 0 Å². The van der Waals surface area contributed by atoms with E-state index < -0.39 is 82.4 Å². The lowest BCUT2D eigenvalue weighted by Gasteiger charge is -2.48. The molecule has 0 aliphatic carbocycles. The zero-order valence-corrected chi connectivity index (χ0v) is 15.9. The van der Waals surface area contributed by atoms with E-state index in [1.165, 1.54) is 0 Å². The van der Waals surface area contributed by atoms with Crippen molar-refractivity contribution in [2.75, 3.05) is 13.0 Å². The van der Waals surface area contributed by atoms with E-state index in [0.29, 0.717) is 4.90 Å². The van der Waals surface area contributed by atoms with Crippen LogP contribution in [0.25, 0.3) is 0 Å². The van der Waals surface area contributed by atoms with Crippen LogP contribution in [0.4, 0.5) is 8.78 Å². The second-order valence-electron chi connectivity index (χ2n) is 8.16. The Morgan fingerprint density at radius 3 is 2.34 bits per heavy atom. The van der Waals surface area contributed by atoms with Gasteiger partial charge in [0.05, 0.1) is 11.1 Å². The molecule has 3 heterocycles. The number of carbonyl (C=O) groups excluding carboxylic acids is 4. The molecule has 1 aromatic rings. The third kappa shape index (κ3) is 2.95. The van der Waals surface area contributed by atoms with Gasteiger partial charge >= 0.3 is 0 Å². The standard InChI is InChI=1S/C20H21F2N3O4/c1-20(2,3)24-7-9(8-24)10-6-11-14(16(22)15(10)21)19(29)25(18(11)28)12-4-5-13(26)23-17(12)27/h6,9,12H,4-5,7-8H2,1-3H3,(H,23,26,27)/t12-/m1/s1/i7D2,8D2. The first-order chi connectivity index (χ1) is 15.0. The number of imide groups is 2. The number of fused-ring (bicyclic) bond motifs is 1. The van der Waals surface area contributed by atoms with Crippen molar-refractivity contribution < 1.29 is 33.4 Å². The van der Waals surface area contributed by atoms with Crippen molar-refractivity contribution in [3.05, 3.63) is 34.4 Å². The SMILES string of the molecule is [2H]C1([2H])C(c2cc3c(c(F)c2F)C(=O)N([C@@H]2CCC(=O)NC2=O)C3=O)C([2H])([2H])N1C(C)(C)C. The largest absolute Gasteiger partial charge is 0.297 e. The van der Waals surface area contributed by atoms with Crippen LogP contribution < -0.4 is 5.32 Å². The maximum Gasteiger partial charge on any atom is 0.265 e. The summed E-state index contributed by atoms with van der Waals surface area (Å²) in [4.78, 5) is 50.7. The fourth-order valence-electron chi connectivity index (χ4n) is 3.57. The van der Waals surface area contributed by atoms with Crippen LogP contribution in [-0.4, -0.2) is 58.0 Å². The van der Waals surface area contributed by atoms with E-state index in [1.54, 1.807) is 20.8 Å². The van der Waals surface area contributed by atoms with Gasteiger partial charge in [0, 0.05) is 36.4 Å². The molecule has 1 atom stereocenters. The van der Waals surface area contributed by atoms with E-state index in [9.17, 15) is 19.2 Å². The molecule has 0 bridgehead atoms. The zero-order valence-electron chi connectivity index (χ0n) is 19.9. The Kier molecular flexibility index (Phi) is 3.36. The van der Waals surface area contributed by atoms with Crippen molar-refractivity contribution in [1.29, 1.82) is 0 Å². The second-order valence-corrected chi connectivity index (χ2v) is 8.16. The molecule has 4 amide bonds. The maximum atomic E-state index is 15.1. The van der Waals surface area contributed by atoms with Crippen LogP contribution in [0.1, 0.15) is 71.3 Å². The summed E-state index contributed by atoms with van der Waals surface area (Å²) < 4.78 is 63.5. The van der Waals surface area contributed by atoms with Crippen molar-refractivity contribution in [3.63, 3.8) is 0 Å². The van der Waals surface area contributed by atoms with Crippen molar-refractivity contribution in [2.24, 2.45) is 0 Å². The first kappa shape index (κ1) is 15.2. The van der Waals surface area contributed by atoms with Gasteiger partial charge in [0.25, 0.3) is 11.8 Å². The van der Waals surface area contributed by atoms with E-state index in [4.69, 9.17) is 5.48 Å².